The summed E-state index contributed by atoms with van der Waals surface area (Å²) in [5.41, 5.74) is 5.02. The second kappa shape index (κ2) is 8.75. The van der Waals surface area contributed by atoms with E-state index in [2.05, 4.69) is 20.7 Å². The van der Waals surface area contributed by atoms with Crippen molar-refractivity contribution >= 4 is 22.8 Å². The topological polar surface area (TPSA) is 90.5 Å². The van der Waals surface area contributed by atoms with Crippen LogP contribution in [0.4, 0.5) is 10.2 Å². The predicted molar refractivity (Wildman–Crippen MR) is 132 cm³/mol. The number of aryl methyl sites for hydroxylation is 1. The Morgan fingerprint density at radius 3 is 2.51 bits per heavy atom. The van der Waals surface area contributed by atoms with E-state index in [0.29, 0.717) is 39.5 Å². The Morgan fingerprint density at radius 1 is 1.06 bits per heavy atom. The van der Waals surface area contributed by atoms with Crippen molar-refractivity contribution < 1.29 is 9.18 Å². The predicted octanol–water partition coefficient (Wildman–Crippen LogP) is 5.27. The van der Waals surface area contributed by atoms with E-state index in [1.807, 2.05) is 49.7 Å². The minimum Gasteiger partial charge on any atom is -0.303 e. The van der Waals surface area contributed by atoms with Crippen molar-refractivity contribution in [2.45, 2.75) is 33.7 Å². The molecule has 0 aliphatic heterocycles. The molecular formula is C26H24FN7O. The molecule has 0 saturated carbocycles. The van der Waals surface area contributed by atoms with Crippen molar-refractivity contribution in [1.29, 1.82) is 0 Å². The van der Waals surface area contributed by atoms with Gasteiger partial charge in [0.15, 0.2) is 11.5 Å². The van der Waals surface area contributed by atoms with E-state index < -0.39 is 0 Å². The zero-order chi connectivity index (χ0) is 24.7. The van der Waals surface area contributed by atoms with Crippen molar-refractivity contribution in [3.05, 3.63) is 83.4 Å². The summed E-state index contributed by atoms with van der Waals surface area (Å²) in [6.45, 7) is 7.84. The third-order valence-electron chi connectivity index (χ3n) is 5.92. The number of hydrogen-bond donors (Lipinski definition) is 1. The Hall–Kier alpha value is -4.40. The van der Waals surface area contributed by atoms with Crippen LogP contribution in [0.25, 0.3) is 28.0 Å². The van der Waals surface area contributed by atoms with Crippen LogP contribution in [0.1, 0.15) is 41.5 Å². The third kappa shape index (κ3) is 4.05. The number of nitrogens with zero attached hydrogens (tertiary/aromatic N) is 6. The molecule has 0 aliphatic carbocycles. The van der Waals surface area contributed by atoms with Gasteiger partial charge in [0.25, 0.3) is 5.91 Å². The number of nitrogens with one attached hydrogen (secondary N) is 1. The molecule has 0 atom stereocenters. The lowest BCUT2D eigenvalue weighted by Crippen LogP contribution is -2.14. The van der Waals surface area contributed by atoms with Crippen LogP contribution in [-0.2, 0) is 0 Å². The molecule has 5 aromatic rings. The highest BCUT2D eigenvalue weighted by molar-refractivity contribution is 6.12. The number of pyridine rings is 1. The van der Waals surface area contributed by atoms with Crippen LogP contribution >= 0.6 is 0 Å². The highest BCUT2D eigenvalue weighted by atomic mass is 19.1. The summed E-state index contributed by atoms with van der Waals surface area (Å²) in [6.07, 6.45) is 1.67. The first-order chi connectivity index (χ1) is 16.8. The van der Waals surface area contributed by atoms with Crippen LogP contribution in [-0.4, -0.2) is 35.7 Å². The standard InChI is InChI=1S/C26H24FN7O/c1-15(2)33-25-22(14-28-33)21(13-23(29-25)20-8-6-5-7-16(20)3)26(35)30-24-17(4)34(32-31-24)19-11-9-18(27)10-12-19/h5-15H,1-4H3,(H,30,35). The van der Waals surface area contributed by atoms with Gasteiger partial charge in [-0.25, -0.2) is 18.7 Å². The van der Waals surface area contributed by atoms with E-state index in [9.17, 15) is 9.18 Å². The summed E-state index contributed by atoms with van der Waals surface area (Å²) < 4.78 is 16.7. The molecule has 176 valence electrons. The first-order valence-corrected chi connectivity index (χ1v) is 11.3. The molecule has 1 amide bonds. The first-order valence-electron chi connectivity index (χ1n) is 11.3. The van der Waals surface area contributed by atoms with Crippen LogP contribution < -0.4 is 5.32 Å². The van der Waals surface area contributed by atoms with Crippen molar-refractivity contribution in [3.63, 3.8) is 0 Å². The Kier molecular flexibility index (Phi) is 5.60. The van der Waals surface area contributed by atoms with Gasteiger partial charge in [0, 0.05) is 11.6 Å². The van der Waals surface area contributed by atoms with Gasteiger partial charge in [-0.3, -0.25) is 4.79 Å². The van der Waals surface area contributed by atoms with Crippen molar-refractivity contribution in [1.82, 2.24) is 29.8 Å². The molecule has 0 fully saturated rings. The number of amides is 1. The van der Waals surface area contributed by atoms with Gasteiger partial charge in [0.1, 0.15) is 5.82 Å². The second-order valence-electron chi connectivity index (χ2n) is 8.66. The number of hydrogen-bond acceptors (Lipinski definition) is 5. The zero-order valence-electron chi connectivity index (χ0n) is 19.8. The highest BCUT2D eigenvalue weighted by Gasteiger charge is 2.21. The van der Waals surface area contributed by atoms with Crippen LogP contribution in [0.3, 0.4) is 0 Å². The monoisotopic (exact) mass is 469 g/mol. The highest BCUT2D eigenvalue weighted by Crippen LogP contribution is 2.29. The van der Waals surface area contributed by atoms with Crippen LogP contribution in [0.5, 0.6) is 0 Å². The molecule has 9 heteroatoms. The van der Waals surface area contributed by atoms with E-state index in [1.54, 1.807) is 36.0 Å². The second-order valence-corrected chi connectivity index (χ2v) is 8.66. The number of carbonyl (C=O) groups excluding carboxylic acids is 1. The minimum absolute atomic E-state index is 0.0703. The van der Waals surface area contributed by atoms with Gasteiger partial charge in [0.2, 0.25) is 0 Å². The fourth-order valence-corrected chi connectivity index (χ4v) is 4.03. The number of halogens is 1. The van der Waals surface area contributed by atoms with Crippen LogP contribution in [0.2, 0.25) is 0 Å². The first kappa shape index (κ1) is 22.4. The Labute approximate surface area is 201 Å². The van der Waals surface area contributed by atoms with E-state index in [0.717, 1.165) is 11.1 Å². The molecule has 0 radical (unpaired) electrons. The molecule has 8 nitrogen and oxygen atoms in total. The van der Waals surface area contributed by atoms with Crippen molar-refractivity contribution in [2.24, 2.45) is 0 Å². The lowest BCUT2D eigenvalue weighted by atomic mass is 10.0. The number of fused-ring (bicyclic) bond motifs is 1. The van der Waals surface area contributed by atoms with Gasteiger partial charge in [-0.2, -0.15) is 5.10 Å². The lowest BCUT2D eigenvalue weighted by molar-refractivity contribution is 0.102. The molecule has 3 heterocycles. The number of aromatic nitrogens is 6. The molecule has 35 heavy (non-hydrogen) atoms. The Balaban J connectivity index is 1.57. The largest absolute Gasteiger partial charge is 0.303 e. The Morgan fingerprint density at radius 2 is 1.80 bits per heavy atom. The molecule has 1 N–H and O–H groups in total. The zero-order valence-corrected chi connectivity index (χ0v) is 19.8. The fraction of sp³-hybridized carbons (Fsp3) is 0.192. The number of rotatable bonds is 5. The normalized spacial score (nSPS) is 11.4. The van der Waals surface area contributed by atoms with Crippen LogP contribution in [0.15, 0.2) is 60.8 Å². The number of anilines is 1. The minimum atomic E-state index is -0.343. The molecule has 5 rings (SSSR count). The molecule has 0 aliphatic rings. The van der Waals surface area contributed by atoms with E-state index >= 15 is 0 Å². The van der Waals surface area contributed by atoms with E-state index in [4.69, 9.17) is 4.98 Å². The summed E-state index contributed by atoms with van der Waals surface area (Å²) in [4.78, 5) is 18.4. The smallest absolute Gasteiger partial charge is 0.257 e. The van der Waals surface area contributed by atoms with Gasteiger partial charge in [-0.05, 0) is 63.6 Å². The molecule has 0 bridgehead atoms. The Bertz CT molecular complexity index is 1550. The molecule has 0 unspecified atom stereocenters. The maximum Gasteiger partial charge on any atom is 0.257 e. The number of benzene rings is 2. The van der Waals surface area contributed by atoms with E-state index in [1.165, 1.54) is 12.1 Å². The quantitative estimate of drug-likeness (QED) is 0.379. The van der Waals surface area contributed by atoms with Gasteiger partial charge in [-0.15, -0.1) is 5.10 Å². The maximum atomic E-state index is 13.5. The summed E-state index contributed by atoms with van der Waals surface area (Å²) in [5, 5.41) is 16.3. The molecule has 0 spiro atoms. The van der Waals surface area contributed by atoms with Crippen molar-refractivity contribution in [3.8, 4) is 16.9 Å². The SMILES string of the molecule is Cc1ccccc1-c1cc(C(=O)Nc2nnn(-c3ccc(F)cc3)c2C)c2cnn(C(C)C)c2n1. The van der Waals surface area contributed by atoms with Gasteiger partial charge in [0.05, 0.1) is 34.2 Å². The molecule has 2 aromatic carbocycles. The molecule has 0 saturated heterocycles. The van der Waals surface area contributed by atoms with Gasteiger partial charge in [-0.1, -0.05) is 29.5 Å². The molecule has 3 aromatic heterocycles. The maximum absolute atomic E-state index is 13.5. The molecular weight excluding hydrogens is 445 g/mol. The number of carbonyl (C=O) groups is 1. The summed E-state index contributed by atoms with van der Waals surface area (Å²) in [7, 11) is 0. The van der Waals surface area contributed by atoms with Gasteiger partial charge >= 0.3 is 0 Å². The average molecular weight is 470 g/mol. The fourth-order valence-electron chi connectivity index (χ4n) is 4.03. The van der Waals surface area contributed by atoms with Crippen LogP contribution in [0, 0.1) is 19.7 Å². The lowest BCUT2D eigenvalue weighted by Gasteiger charge is -2.12. The summed E-state index contributed by atoms with van der Waals surface area (Å²) in [6, 6.07) is 15.7. The summed E-state index contributed by atoms with van der Waals surface area (Å²) in [5.74, 6) is -0.365. The van der Waals surface area contributed by atoms with E-state index in [-0.39, 0.29) is 17.8 Å². The average Bonchev–Trinajstić information content (AvgIpc) is 3.43. The third-order valence-corrected chi connectivity index (χ3v) is 5.92. The summed E-state index contributed by atoms with van der Waals surface area (Å²) >= 11 is 0. The van der Waals surface area contributed by atoms with Gasteiger partial charge < -0.3 is 5.32 Å². The van der Waals surface area contributed by atoms with Crippen molar-refractivity contribution in [2.75, 3.05) is 5.32 Å².